The summed E-state index contributed by atoms with van der Waals surface area (Å²) < 4.78 is 10.3. The second-order valence-corrected chi connectivity index (χ2v) is 5.90. The van der Waals surface area contributed by atoms with Gasteiger partial charge < -0.3 is 14.6 Å². The average Bonchev–Trinajstić information content (AvgIpc) is 2.96. The van der Waals surface area contributed by atoms with Gasteiger partial charge in [0.15, 0.2) is 11.6 Å². The van der Waals surface area contributed by atoms with E-state index in [1.54, 1.807) is 37.6 Å². The molecule has 0 atom stereocenters. The van der Waals surface area contributed by atoms with E-state index >= 15 is 0 Å². The molecule has 1 aromatic heterocycles. The molecule has 116 valence electrons. The lowest BCUT2D eigenvalue weighted by Gasteiger charge is -2.11. The van der Waals surface area contributed by atoms with Gasteiger partial charge in [-0.1, -0.05) is 25.9 Å². The number of anilines is 1. The first-order chi connectivity index (χ1) is 10.4. The fourth-order valence-corrected chi connectivity index (χ4v) is 1.75. The zero-order chi connectivity index (χ0) is 16.2. The maximum atomic E-state index is 12.0. The number of rotatable bonds is 5. The number of hydrogen-bond donors (Lipinski definition) is 1. The van der Waals surface area contributed by atoms with E-state index in [1.165, 1.54) is 6.08 Å². The van der Waals surface area contributed by atoms with E-state index in [4.69, 9.17) is 9.26 Å². The highest BCUT2D eigenvalue weighted by atomic mass is 16.5. The largest absolute Gasteiger partial charge is 0.497 e. The van der Waals surface area contributed by atoms with Crippen molar-refractivity contribution in [3.63, 3.8) is 0 Å². The third-order valence-corrected chi connectivity index (χ3v) is 3.09. The number of allylic oxidation sites excluding steroid dienone is 1. The quantitative estimate of drug-likeness (QED) is 0.672. The summed E-state index contributed by atoms with van der Waals surface area (Å²) in [4.78, 5) is 12.0. The fourth-order valence-electron chi connectivity index (χ4n) is 1.75. The Hall–Kier alpha value is -2.56. The summed E-state index contributed by atoms with van der Waals surface area (Å²) in [6, 6.07) is 8.77. The Morgan fingerprint density at radius 1 is 1.27 bits per heavy atom. The summed E-state index contributed by atoms with van der Waals surface area (Å²) in [7, 11) is 1.59. The van der Waals surface area contributed by atoms with Crippen LogP contribution < -0.4 is 10.1 Å². The molecular weight excluding hydrogens is 280 g/mol. The van der Waals surface area contributed by atoms with Crippen LogP contribution in [0.25, 0.3) is 0 Å². The molecule has 0 aliphatic carbocycles. The van der Waals surface area contributed by atoms with Crippen molar-refractivity contribution in [3.8, 4) is 5.75 Å². The molecule has 0 bridgehead atoms. The lowest BCUT2D eigenvalue weighted by Crippen LogP contribution is -2.09. The topological polar surface area (TPSA) is 64.4 Å². The first kappa shape index (κ1) is 15.8. The monoisotopic (exact) mass is 300 g/mol. The van der Waals surface area contributed by atoms with Crippen LogP contribution in [0.15, 0.2) is 47.1 Å². The van der Waals surface area contributed by atoms with Crippen molar-refractivity contribution in [2.24, 2.45) is 0 Å². The third kappa shape index (κ3) is 3.97. The van der Waals surface area contributed by atoms with E-state index in [1.807, 2.05) is 26.8 Å². The molecule has 1 N–H and O–H groups in total. The van der Waals surface area contributed by atoms with Gasteiger partial charge in [-0.3, -0.25) is 4.79 Å². The van der Waals surface area contributed by atoms with Crippen LogP contribution in [-0.4, -0.2) is 18.0 Å². The van der Waals surface area contributed by atoms with E-state index in [0.717, 1.165) is 11.5 Å². The van der Waals surface area contributed by atoms with E-state index in [9.17, 15) is 4.79 Å². The molecule has 0 amide bonds. The van der Waals surface area contributed by atoms with Crippen molar-refractivity contribution < 1.29 is 14.1 Å². The number of carbonyl (C=O) groups is 1. The van der Waals surface area contributed by atoms with Crippen molar-refractivity contribution in [2.75, 3.05) is 12.4 Å². The summed E-state index contributed by atoms with van der Waals surface area (Å²) in [6.45, 7) is 6.13. The van der Waals surface area contributed by atoms with E-state index in [2.05, 4.69) is 10.5 Å². The van der Waals surface area contributed by atoms with E-state index in [-0.39, 0.29) is 11.2 Å². The van der Waals surface area contributed by atoms with Crippen molar-refractivity contribution in [3.05, 3.63) is 53.9 Å². The minimum Gasteiger partial charge on any atom is -0.497 e. The SMILES string of the molecule is COc1ccc(C(=O)/C=C\Nc2cc(C(C)(C)C)on2)cc1. The number of benzene rings is 1. The number of methoxy groups -OCH3 is 1. The van der Waals surface area contributed by atoms with Crippen LogP contribution in [0.4, 0.5) is 5.82 Å². The van der Waals surface area contributed by atoms with Crippen LogP contribution in [0.5, 0.6) is 5.75 Å². The lowest BCUT2D eigenvalue weighted by atomic mass is 9.93. The Morgan fingerprint density at radius 2 is 1.95 bits per heavy atom. The molecule has 0 radical (unpaired) electrons. The van der Waals surface area contributed by atoms with E-state index in [0.29, 0.717) is 11.4 Å². The number of hydrogen-bond acceptors (Lipinski definition) is 5. The first-order valence-electron chi connectivity index (χ1n) is 6.99. The van der Waals surface area contributed by atoms with Crippen LogP contribution in [0.1, 0.15) is 36.9 Å². The molecule has 0 saturated heterocycles. The van der Waals surface area contributed by atoms with Gasteiger partial charge in [-0.25, -0.2) is 0 Å². The second-order valence-electron chi connectivity index (χ2n) is 5.90. The Kier molecular flexibility index (Phi) is 4.65. The molecule has 22 heavy (non-hydrogen) atoms. The predicted octanol–water partition coefficient (Wildman–Crippen LogP) is 3.79. The Labute approximate surface area is 130 Å². The van der Waals surface area contributed by atoms with E-state index < -0.39 is 0 Å². The zero-order valence-electron chi connectivity index (χ0n) is 13.2. The number of ketones is 1. The van der Waals surface area contributed by atoms with Gasteiger partial charge in [0.25, 0.3) is 0 Å². The van der Waals surface area contributed by atoms with Crippen molar-refractivity contribution in [2.45, 2.75) is 26.2 Å². The van der Waals surface area contributed by atoms with Crippen LogP contribution >= 0.6 is 0 Å². The number of nitrogens with one attached hydrogen (secondary N) is 1. The highest BCUT2D eigenvalue weighted by Crippen LogP contribution is 2.24. The highest BCUT2D eigenvalue weighted by Gasteiger charge is 2.19. The average molecular weight is 300 g/mol. The number of aromatic nitrogens is 1. The minimum absolute atomic E-state index is 0.102. The third-order valence-electron chi connectivity index (χ3n) is 3.09. The summed E-state index contributed by atoms with van der Waals surface area (Å²) in [5, 5.41) is 6.84. The minimum atomic E-state index is -0.102. The maximum Gasteiger partial charge on any atom is 0.187 e. The number of carbonyl (C=O) groups excluding carboxylic acids is 1. The molecule has 5 nitrogen and oxygen atoms in total. The number of nitrogens with zero attached hydrogens (tertiary/aromatic N) is 1. The zero-order valence-corrected chi connectivity index (χ0v) is 13.2. The summed E-state index contributed by atoms with van der Waals surface area (Å²) >= 11 is 0. The Bertz CT molecular complexity index is 664. The molecule has 0 saturated carbocycles. The van der Waals surface area contributed by atoms with Crippen LogP contribution in [0, 0.1) is 0 Å². The molecular formula is C17H20N2O3. The predicted molar refractivity (Wildman–Crippen MR) is 85.3 cm³/mol. The summed E-state index contributed by atoms with van der Waals surface area (Å²) in [5.41, 5.74) is 0.490. The van der Waals surface area contributed by atoms with Crippen LogP contribution in [0.2, 0.25) is 0 Å². The summed E-state index contributed by atoms with van der Waals surface area (Å²) in [5.74, 6) is 1.97. The number of ether oxygens (including phenoxy) is 1. The Balaban J connectivity index is 1.96. The summed E-state index contributed by atoms with van der Waals surface area (Å²) in [6.07, 6.45) is 3.00. The molecule has 0 fully saturated rings. The molecule has 0 spiro atoms. The van der Waals surface area contributed by atoms with Crippen molar-refractivity contribution in [1.82, 2.24) is 5.16 Å². The molecule has 0 aliphatic rings. The van der Waals surface area contributed by atoms with Crippen LogP contribution in [0.3, 0.4) is 0 Å². The van der Waals surface area contributed by atoms with Crippen molar-refractivity contribution >= 4 is 11.6 Å². The van der Waals surface area contributed by atoms with Gasteiger partial charge in [-0.15, -0.1) is 0 Å². The fraction of sp³-hybridized carbons (Fsp3) is 0.294. The molecule has 0 aliphatic heterocycles. The van der Waals surface area contributed by atoms with Gasteiger partial charge in [0, 0.05) is 29.3 Å². The lowest BCUT2D eigenvalue weighted by molar-refractivity contribution is 0.104. The second kappa shape index (κ2) is 6.47. The highest BCUT2D eigenvalue weighted by molar-refractivity contribution is 6.04. The molecule has 5 heteroatoms. The molecule has 1 aromatic carbocycles. The normalized spacial score (nSPS) is 11.6. The standard InChI is InChI=1S/C17H20N2O3/c1-17(2,3)15-11-16(19-22-15)18-10-9-14(20)12-5-7-13(21-4)8-6-12/h5-11H,1-4H3,(H,18,19)/b10-9-. The van der Waals surface area contributed by atoms with Gasteiger partial charge in [0.2, 0.25) is 0 Å². The first-order valence-corrected chi connectivity index (χ1v) is 6.99. The van der Waals surface area contributed by atoms with Crippen molar-refractivity contribution in [1.29, 1.82) is 0 Å². The smallest absolute Gasteiger partial charge is 0.187 e. The van der Waals surface area contributed by atoms with Gasteiger partial charge in [-0.2, -0.15) is 0 Å². The van der Waals surface area contributed by atoms with Crippen LogP contribution in [-0.2, 0) is 5.41 Å². The molecule has 2 rings (SSSR count). The molecule has 0 unspecified atom stereocenters. The van der Waals surface area contributed by atoms with Gasteiger partial charge in [-0.05, 0) is 24.3 Å². The van der Waals surface area contributed by atoms with Gasteiger partial charge in [0.05, 0.1) is 7.11 Å². The van der Waals surface area contributed by atoms with Gasteiger partial charge >= 0.3 is 0 Å². The maximum absolute atomic E-state index is 12.0. The molecule has 2 aromatic rings. The van der Waals surface area contributed by atoms with Gasteiger partial charge in [0.1, 0.15) is 11.5 Å². The molecule has 1 heterocycles. The Morgan fingerprint density at radius 3 is 2.50 bits per heavy atom.